The summed E-state index contributed by atoms with van der Waals surface area (Å²) in [5, 5.41) is 4.17. The summed E-state index contributed by atoms with van der Waals surface area (Å²) in [5.74, 6) is 2.12. The number of benzene rings is 1. The number of anilines is 1. The minimum Gasteiger partial charge on any atom is -0.373 e. The smallest absolute Gasteiger partial charge is 0.134 e. The van der Waals surface area contributed by atoms with Crippen LogP contribution in [0.5, 0.6) is 0 Å². The Kier molecular flexibility index (Phi) is 4.43. The fourth-order valence-corrected chi connectivity index (χ4v) is 2.62. The van der Waals surface area contributed by atoms with Gasteiger partial charge in [0.2, 0.25) is 0 Å². The van der Waals surface area contributed by atoms with Crippen LogP contribution in [0.25, 0.3) is 0 Å². The number of hydrogen-bond acceptors (Lipinski definition) is 4. The maximum absolute atomic E-state index is 4.69. The normalized spacial score (nSPS) is 10.8. The lowest BCUT2D eigenvalue weighted by atomic mass is 10.2. The van der Waals surface area contributed by atoms with E-state index < -0.39 is 0 Å². The van der Waals surface area contributed by atoms with Crippen LogP contribution in [-0.2, 0) is 0 Å². The molecule has 0 aliphatic heterocycles. The van der Waals surface area contributed by atoms with Crippen molar-refractivity contribution in [2.45, 2.75) is 36.6 Å². The highest BCUT2D eigenvalue weighted by molar-refractivity contribution is 7.99. The first-order chi connectivity index (χ1) is 9.11. The molecule has 0 saturated carbocycles. The van der Waals surface area contributed by atoms with E-state index in [0.717, 1.165) is 22.2 Å². The third-order valence-corrected chi connectivity index (χ3v) is 3.93. The number of nitrogens with one attached hydrogen (secondary N) is 1. The Morgan fingerprint density at radius 1 is 1.11 bits per heavy atom. The van der Waals surface area contributed by atoms with Gasteiger partial charge >= 0.3 is 0 Å². The third-order valence-electron chi connectivity index (χ3n) is 2.83. The van der Waals surface area contributed by atoms with E-state index >= 15 is 0 Å². The van der Waals surface area contributed by atoms with Gasteiger partial charge in [-0.15, -0.1) is 0 Å². The predicted molar refractivity (Wildman–Crippen MR) is 81.0 cm³/mol. The first-order valence-electron chi connectivity index (χ1n) is 6.41. The first kappa shape index (κ1) is 13.9. The summed E-state index contributed by atoms with van der Waals surface area (Å²) < 4.78 is 0. The van der Waals surface area contributed by atoms with Gasteiger partial charge in [0, 0.05) is 23.4 Å². The molecule has 1 heterocycles. The molecule has 0 spiro atoms. The van der Waals surface area contributed by atoms with Crippen LogP contribution < -0.4 is 5.32 Å². The topological polar surface area (TPSA) is 37.8 Å². The molecule has 1 aromatic heterocycles. The molecule has 2 rings (SSSR count). The molecule has 0 aliphatic rings. The molecule has 19 heavy (non-hydrogen) atoms. The highest BCUT2D eigenvalue weighted by Gasteiger charge is 2.13. The fraction of sp³-hybridized carbons (Fsp3) is 0.333. The molecule has 0 amide bonds. The van der Waals surface area contributed by atoms with Crippen molar-refractivity contribution in [1.82, 2.24) is 9.97 Å². The summed E-state index contributed by atoms with van der Waals surface area (Å²) in [6.07, 6.45) is 0. The summed E-state index contributed by atoms with van der Waals surface area (Å²) in [4.78, 5) is 10.4. The molecular weight excluding hydrogens is 254 g/mol. The van der Waals surface area contributed by atoms with Crippen LogP contribution in [-0.4, -0.2) is 17.0 Å². The molecule has 0 fully saturated rings. The summed E-state index contributed by atoms with van der Waals surface area (Å²) >= 11 is 1.68. The quantitative estimate of drug-likeness (QED) is 0.851. The molecule has 0 radical (unpaired) electrons. The van der Waals surface area contributed by atoms with Crippen LogP contribution in [0.2, 0.25) is 0 Å². The Labute approximate surface area is 118 Å². The maximum atomic E-state index is 4.69. The lowest BCUT2D eigenvalue weighted by Gasteiger charge is -2.13. The Hall–Kier alpha value is -1.55. The van der Waals surface area contributed by atoms with E-state index in [9.17, 15) is 0 Å². The van der Waals surface area contributed by atoms with Gasteiger partial charge in [0.15, 0.2) is 0 Å². The van der Waals surface area contributed by atoms with Crippen molar-refractivity contribution in [3.63, 3.8) is 0 Å². The molecule has 0 unspecified atom stereocenters. The van der Waals surface area contributed by atoms with E-state index in [1.54, 1.807) is 11.8 Å². The molecule has 0 atom stereocenters. The average molecular weight is 273 g/mol. The Morgan fingerprint density at radius 3 is 2.37 bits per heavy atom. The van der Waals surface area contributed by atoms with Gasteiger partial charge in [-0.2, -0.15) is 0 Å². The maximum Gasteiger partial charge on any atom is 0.134 e. The molecule has 1 aromatic carbocycles. The van der Waals surface area contributed by atoms with E-state index in [4.69, 9.17) is 0 Å². The van der Waals surface area contributed by atoms with Crippen LogP contribution in [0.15, 0.2) is 40.3 Å². The molecule has 2 aromatic rings. The average Bonchev–Trinajstić information content (AvgIpc) is 2.42. The van der Waals surface area contributed by atoms with E-state index in [1.165, 1.54) is 4.90 Å². The predicted octanol–water partition coefficient (Wildman–Crippen LogP) is 4.10. The summed E-state index contributed by atoms with van der Waals surface area (Å²) in [6, 6.07) is 10.3. The van der Waals surface area contributed by atoms with Crippen molar-refractivity contribution < 1.29 is 0 Å². The van der Waals surface area contributed by atoms with E-state index in [2.05, 4.69) is 48.2 Å². The highest BCUT2D eigenvalue weighted by atomic mass is 32.2. The minimum atomic E-state index is 0.322. The zero-order valence-corrected chi connectivity index (χ0v) is 12.6. The van der Waals surface area contributed by atoms with Gasteiger partial charge in [-0.25, -0.2) is 9.97 Å². The molecule has 1 N–H and O–H groups in total. The number of aromatic nitrogens is 2. The third kappa shape index (κ3) is 3.26. The lowest BCUT2D eigenvalue weighted by molar-refractivity contribution is 0.750. The van der Waals surface area contributed by atoms with Crippen LogP contribution in [0.1, 0.15) is 31.2 Å². The van der Waals surface area contributed by atoms with Gasteiger partial charge in [-0.05, 0) is 19.1 Å². The van der Waals surface area contributed by atoms with E-state index in [0.29, 0.717) is 5.92 Å². The first-order valence-corrected chi connectivity index (χ1v) is 7.22. The Morgan fingerprint density at radius 2 is 1.79 bits per heavy atom. The SMILES string of the molecule is CNc1nc(C(C)C)nc(Sc2ccccc2)c1C. The summed E-state index contributed by atoms with van der Waals surface area (Å²) in [6.45, 7) is 6.28. The molecule has 3 nitrogen and oxygen atoms in total. The fourth-order valence-electron chi connectivity index (χ4n) is 1.71. The Bertz CT molecular complexity index is 553. The van der Waals surface area contributed by atoms with E-state index in [1.807, 2.05) is 25.2 Å². The second kappa shape index (κ2) is 6.06. The van der Waals surface area contributed by atoms with Crippen molar-refractivity contribution in [3.8, 4) is 0 Å². The molecule has 100 valence electrons. The van der Waals surface area contributed by atoms with Gasteiger partial charge in [0.1, 0.15) is 16.7 Å². The molecule has 0 bridgehead atoms. The monoisotopic (exact) mass is 273 g/mol. The minimum absolute atomic E-state index is 0.322. The zero-order valence-electron chi connectivity index (χ0n) is 11.8. The Balaban J connectivity index is 2.41. The molecule has 0 saturated heterocycles. The summed E-state index contributed by atoms with van der Waals surface area (Å²) in [7, 11) is 1.90. The van der Waals surface area contributed by atoms with Crippen LogP contribution in [0, 0.1) is 6.92 Å². The van der Waals surface area contributed by atoms with Crippen molar-refractivity contribution in [1.29, 1.82) is 0 Å². The van der Waals surface area contributed by atoms with Gasteiger partial charge in [-0.1, -0.05) is 43.8 Å². The highest BCUT2D eigenvalue weighted by Crippen LogP contribution is 2.32. The van der Waals surface area contributed by atoms with Crippen molar-refractivity contribution in [2.75, 3.05) is 12.4 Å². The van der Waals surface area contributed by atoms with Gasteiger partial charge in [0.05, 0.1) is 0 Å². The van der Waals surface area contributed by atoms with Crippen molar-refractivity contribution >= 4 is 17.6 Å². The number of nitrogens with zero attached hydrogens (tertiary/aromatic N) is 2. The number of rotatable bonds is 4. The van der Waals surface area contributed by atoms with Crippen LogP contribution in [0.4, 0.5) is 5.82 Å². The van der Waals surface area contributed by atoms with Crippen molar-refractivity contribution in [2.24, 2.45) is 0 Å². The molecule has 4 heteroatoms. The van der Waals surface area contributed by atoms with Crippen LogP contribution >= 0.6 is 11.8 Å². The second-order valence-corrected chi connectivity index (χ2v) is 5.74. The largest absolute Gasteiger partial charge is 0.373 e. The second-order valence-electron chi connectivity index (χ2n) is 4.68. The number of hydrogen-bond donors (Lipinski definition) is 1. The van der Waals surface area contributed by atoms with Crippen LogP contribution in [0.3, 0.4) is 0 Å². The van der Waals surface area contributed by atoms with Crippen molar-refractivity contribution in [3.05, 3.63) is 41.7 Å². The molecule has 0 aliphatic carbocycles. The lowest BCUT2D eigenvalue weighted by Crippen LogP contribution is -2.06. The van der Waals surface area contributed by atoms with Gasteiger partial charge in [-0.3, -0.25) is 0 Å². The van der Waals surface area contributed by atoms with Gasteiger partial charge < -0.3 is 5.32 Å². The van der Waals surface area contributed by atoms with Gasteiger partial charge in [0.25, 0.3) is 0 Å². The summed E-state index contributed by atoms with van der Waals surface area (Å²) in [5.41, 5.74) is 1.10. The zero-order chi connectivity index (χ0) is 13.8. The molecular formula is C15H19N3S. The van der Waals surface area contributed by atoms with E-state index in [-0.39, 0.29) is 0 Å². The standard InChI is InChI=1S/C15H19N3S/c1-10(2)13-17-14(16-4)11(3)15(18-13)19-12-8-6-5-7-9-12/h5-10H,1-4H3,(H,16,17,18).